The molecule has 0 amide bonds. The smallest absolute Gasteiger partial charge is 0.118 e. The summed E-state index contributed by atoms with van der Waals surface area (Å²) in [6.45, 7) is -0.0832. The summed E-state index contributed by atoms with van der Waals surface area (Å²) in [5.41, 5.74) is 6.54. The standard InChI is InChI=1S/C16H19NO2S/c1-19-14-7-9-15(10-8-14)20-12-16(17,11-18)13-5-3-2-4-6-13/h2-10,18H,11-12,17H2,1H3. The molecule has 20 heavy (non-hydrogen) atoms. The molecule has 106 valence electrons. The Morgan fingerprint density at radius 3 is 2.30 bits per heavy atom. The second-order valence-electron chi connectivity index (χ2n) is 4.64. The molecule has 2 aromatic rings. The fourth-order valence-corrected chi connectivity index (χ4v) is 2.89. The third-order valence-corrected chi connectivity index (χ3v) is 4.45. The molecule has 0 saturated heterocycles. The minimum atomic E-state index is -0.730. The third kappa shape index (κ3) is 3.54. The Kier molecular flexibility index (Phi) is 5.06. The van der Waals surface area contributed by atoms with Crippen LogP contribution in [0.1, 0.15) is 5.56 Å². The van der Waals surface area contributed by atoms with Gasteiger partial charge in [0.2, 0.25) is 0 Å². The summed E-state index contributed by atoms with van der Waals surface area (Å²) in [7, 11) is 1.65. The highest BCUT2D eigenvalue weighted by atomic mass is 32.2. The maximum Gasteiger partial charge on any atom is 0.118 e. The monoisotopic (exact) mass is 289 g/mol. The normalized spacial score (nSPS) is 13.8. The van der Waals surface area contributed by atoms with Gasteiger partial charge < -0.3 is 15.6 Å². The Labute approximate surface area is 123 Å². The predicted molar refractivity (Wildman–Crippen MR) is 83.1 cm³/mol. The quantitative estimate of drug-likeness (QED) is 0.803. The first-order chi connectivity index (χ1) is 9.68. The molecule has 1 unspecified atom stereocenters. The van der Waals surface area contributed by atoms with E-state index in [0.717, 1.165) is 16.2 Å². The van der Waals surface area contributed by atoms with E-state index in [-0.39, 0.29) is 6.61 Å². The molecule has 0 aliphatic carbocycles. The number of nitrogens with two attached hydrogens (primary N) is 1. The second-order valence-corrected chi connectivity index (χ2v) is 5.69. The van der Waals surface area contributed by atoms with Crippen molar-refractivity contribution in [1.82, 2.24) is 0 Å². The van der Waals surface area contributed by atoms with E-state index in [2.05, 4.69) is 0 Å². The van der Waals surface area contributed by atoms with Crippen LogP contribution in [0.25, 0.3) is 0 Å². The van der Waals surface area contributed by atoms with E-state index < -0.39 is 5.54 Å². The van der Waals surface area contributed by atoms with Gasteiger partial charge in [0.1, 0.15) is 5.75 Å². The summed E-state index contributed by atoms with van der Waals surface area (Å²) in [5.74, 6) is 1.44. The Hall–Kier alpha value is -1.49. The van der Waals surface area contributed by atoms with E-state index in [0.29, 0.717) is 5.75 Å². The number of rotatable bonds is 6. The van der Waals surface area contributed by atoms with Crippen LogP contribution < -0.4 is 10.5 Å². The second kappa shape index (κ2) is 6.79. The van der Waals surface area contributed by atoms with Gasteiger partial charge in [-0.3, -0.25) is 0 Å². The minimum Gasteiger partial charge on any atom is -0.497 e. The lowest BCUT2D eigenvalue weighted by Crippen LogP contribution is -2.43. The predicted octanol–water partition coefficient (Wildman–Crippen LogP) is 2.63. The van der Waals surface area contributed by atoms with Crippen molar-refractivity contribution in [2.24, 2.45) is 5.73 Å². The van der Waals surface area contributed by atoms with Crippen molar-refractivity contribution >= 4 is 11.8 Å². The largest absolute Gasteiger partial charge is 0.497 e. The Morgan fingerprint density at radius 2 is 1.75 bits per heavy atom. The molecule has 0 aliphatic heterocycles. The van der Waals surface area contributed by atoms with Gasteiger partial charge >= 0.3 is 0 Å². The summed E-state index contributed by atoms with van der Waals surface area (Å²) in [4.78, 5) is 1.10. The van der Waals surface area contributed by atoms with Crippen molar-refractivity contribution in [3.8, 4) is 5.75 Å². The highest BCUT2D eigenvalue weighted by Crippen LogP contribution is 2.28. The van der Waals surface area contributed by atoms with Gasteiger partial charge in [-0.2, -0.15) is 0 Å². The van der Waals surface area contributed by atoms with E-state index in [4.69, 9.17) is 10.5 Å². The first-order valence-electron chi connectivity index (χ1n) is 6.40. The topological polar surface area (TPSA) is 55.5 Å². The van der Waals surface area contributed by atoms with Gasteiger partial charge in [0.25, 0.3) is 0 Å². The SMILES string of the molecule is COc1ccc(SCC(N)(CO)c2ccccc2)cc1. The lowest BCUT2D eigenvalue weighted by atomic mass is 9.94. The van der Waals surface area contributed by atoms with Gasteiger partial charge in [0.05, 0.1) is 19.3 Å². The molecule has 0 heterocycles. The molecule has 0 aliphatic rings. The molecule has 0 aromatic heterocycles. The number of ether oxygens (including phenoxy) is 1. The number of benzene rings is 2. The molecule has 4 heteroatoms. The fourth-order valence-electron chi connectivity index (χ4n) is 1.87. The van der Waals surface area contributed by atoms with E-state index in [9.17, 15) is 5.11 Å². The highest BCUT2D eigenvalue weighted by Gasteiger charge is 2.26. The Morgan fingerprint density at radius 1 is 1.10 bits per heavy atom. The van der Waals surface area contributed by atoms with Gasteiger partial charge in [-0.1, -0.05) is 30.3 Å². The summed E-state index contributed by atoms with van der Waals surface area (Å²) < 4.78 is 5.13. The maximum atomic E-state index is 9.64. The molecule has 0 bridgehead atoms. The Bertz CT molecular complexity index is 530. The van der Waals surface area contributed by atoms with Crippen molar-refractivity contribution in [2.45, 2.75) is 10.4 Å². The molecule has 0 saturated carbocycles. The molecule has 0 fully saturated rings. The molecule has 0 spiro atoms. The van der Waals surface area contributed by atoms with Crippen molar-refractivity contribution < 1.29 is 9.84 Å². The molecule has 1 atom stereocenters. The number of thioether (sulfide) groups is 1. The highest BCUT2D eigenvalue weighted by molar-refractivity contribution is 7.99. The number of hydrogen-bond acceptors (Lipinski definition) is 4. The van der Waals surface area contributed by atoms with E-state index >= 15 is 0 Å². The van der Waals surface area contributed by atoms with Gasteiger partial charge in [-0.05, 0) is 29.8 Å². The maximum absolute atomic E-state index is 9.64. The summed E-state index contributed by atoms with van der Waals surface area (Å²) in [6.07, 6.45) is 0. The first kappa shape index (κ1) is 14.9. The van der Waals surface area contributed by atoms with Crippen LogP contribution in [-0.4, -0.2) is 24.6 Å². The van der Waals surface area contributed by atoms with Crippen LogP contribution in [0.4, 0.5) is 0 Å². The molecule has 3 N–H and O–H groups in total. The van der Waals surface area contributed by atoms with Gasteiger partial charge in [-0.15, -0.1) is 11.8 Å². The molecule has 2 aromatic carbocycles. The summed E-state index contributed by atoms with van der Waals surface area (Å²) in [5, 5.41) is 9.64. The number of aliphatic hydroxyl groups is 1. The van der Waals surface area contributed by atoms with E-state index in [1.165, 1.54) is 0 Å². The molecule has 0 radical (unpaired) electrons. The average molecular weight is 289 g/mol. The number of aliphatic hydroxyl groups excluding tert-OH is 1. The van der Waals surface area contributed by atoms with Gasteiger partial charge in [-0.25, -0.2) is 0 Å². The number of methoxy groups -OCH3 is 1. The average Bonchev–Trinajstić information content (AvgIpc) is 2.54. The zero-order valence-electron chi connectivity index (χ0n) is 11.5. The van der Waals surface area contributed by atoms with Crippen LogP contribution in [0.2, 0.25) is 0 Å². The van der Waals surface area contributed by atoms with Crippen molar-refractivity contribution in [3.63, 3.8) is 0 Å². The van der Waals surface area contributed by atoms with Crippen molar-refractivity contribution in [1.29, 1.82) is 0 Å². The molecule has 2 rings (SSSR count). The van der Waals surface area contributed by atoms with Gasteiger partial charge in [0.15, 0.2) is 0 Å². The zero-order chi connectivity index (χ0) is 14.4. The minimum absolute atomic E-state index is 0.0832. The van der Waals surface area contributed by atoms with Crippen LogP contribution in [0, 0.1) is 0 Å². The lowest BCUT2D eigenvalue weighted by Gasteiger charge is -2.27. The summed E-state index contributed by atoms with van der Waals surface area (Å²) in [6, 6.07) is 17.5. The molecular weight excluding hydrogens is 270 g/mol. The van der Waals surface area contributed by atoms with Crippen molar-refractivity contribution in [3.05, 3.63) is 60.2 Å². The lowest BCUT2D eigenvalue weighted by molar-refractivity contribution is 0.213. The van der Waals surface area contributed by atoms with E-state index in [1.807, 2.05) is 54.6 Å². The fraction of sp³-hybridized carbons (Fsp3) is 0.250. The first-order valence-corrected chi connectivity index (χ1v) is 7.38. The molecular formula is C16H19NO2S. The van der Waals surface area contributed by atoms with Gasteiger partial charge in [0, 0.05) is 10.6 Å². The van der Waals surface area contributed by atoms with E-state index in [1.54, 1.807) is 18.9 Å². The van der Waals surface area contributed by atoms with Crippen LogP contribution in [-0.2, 0) is 5.54 Å². The van der Waals surface area contributed by atoms with Crippen LogP contribution >= 0.6 is 11.8 Å². The molecule has 3 nitrogen and oxygen atoms in total. The van der Waals surface area contributed by atoms with Crippen LogP contribution in [0.5, 0.6) is 5.75 Å². The number of hydrogen-bond donors (Lipinski definition) is 2. The zero-order valence-corrected chi connectivity index (χ0v) is 12.3. The third-order valence-electron chi connectivity index (χ3n) is 3.19. The van der Waals surface area contributed by atoms with Crippen LogP contribution in [0.3, 0.4) is 0 Å². The summed E-state index contributed by atoms with van der Waals surface area (Å²) >= 11 is 1.63. The van der Waals surface area contributed by atoms with Crippen LogP contribution in [0.15, 0.2) is 59.5 Å². The van der Waals surface area contributed by atoms with Crippen molar-refractivity contribution in [2.75, 3.05) is 19.5 Å². The Balaban J connectivity index is 2.06.